The van der Waals surface area contributed by atoms with E-state index in [4.69, 9.17) is 5.11 Å². The highest BCUT2D eigenvalue weighted by atomic mass is 16.4. The summed E-state index contributed by atoms with van der Waals surface area (Å²) in [5.41, 5.74) is -0.571. The first-order chi connectivity index (χ1) is 8.99. The second-order valence-electron chi connectivity index (χ2n) is 4.23. The highest BCUT2D eigenvalue weighted by molar-refractivity contribution is 5.84. The molecule has 0 aliphatic carbocycles. The van der Waals surface area contributed by atoms with Crippen molar-refractivity contribution in [2.24, 2.45) is 0 Å². The van der Waals surface area contributed by atoms with Gasteiger partial charge in [0.2, 0.25) is 0 Å². The molecule has 0 unspecified atom stereocenters. The van der Waals surface area contributed by atoms with E-state index in [-0.39, 0.29) is 23.8 Å². The van der Waals surface area contributed by atoms with Gasteiger partial charge < -0.3 is 5.11 Å². The molecule has 1 N–H and O–H groups in total. The number of nitrogens with zero attached hydrogens (tertiary/aromatic N) is 5. The number of hydrogen-bond acceptors (Lipinski definition) is 5. The molecule has 2 aromatic rings. The first-order valence-corrected chi connectivity index (χ1v) is 5.69. The number of carboxylic acid groups (broad SMARTS) is 1. The summed E-state index contributed by atoms with van der Waals surface area (Å²) in [6.07, 6.45) is 1.39. The number of hydrogen-bond donors (Lipinski definition) is 1. The minimum absolute atomic E-state index is 0.0815. The Balaban J connectivity index is 2.38. The van der Waals surface area contributed by atoms with E-state index in [0.29, 0.717) is 5.82 Å². The van der Waals surface area contributed by atoms with Crippen LogP contribution in [0, 0.1) is 0 Å². The standard InChI is InChI=1S/C11H13N5O3/c1-7(2)16-9(12-6-13-16)5-15-10(17)4-3-8(14-15)11(18)19/h3-4,6-7H,5H2,1-2H3,(H,18,19). The van der Waals surface area contributed by atoms with Crippen LogP contribution in [0.5, 0.6) is 0 Å². The first kappa shape index (κ1) is 12.9. The summed E-state index contributed by atoms with van der Waals surface area (Å²) in [7, 11) is 0. The van der Waals surface area contributed by atoms with Gasteiger partial charge in [0.25, 0.3) is 5.56 Å². The van der Waals surface area contributed by atoms with Crippen molar-refractivity contribution in [1.82, 2.24) is 24.5 Å². The third-order valence-electron chi connectivity index (χ3n) is 2.51. The van der Waals surface area contributed by atoms with Crippen LogP contribution in [-0.4, -0.2) is 35.6 Å². The van der Waals surface area contributed by atoms with E-state index in [1.807, 2.05) is 13.8 Å². The van der Waals surface area contributed by atoms with Crippen molar-refractivity contribution >= 4 is 5.97 Å². The molecule has 100 valence electrons. The molecule has 2 aromatic heterocycles. The fraction of sp³-hybridized carbons (Fsp3) is 0.364. The Morgan fingerprint density at radius 1 is 1.42 bits per heavy atom. The van der Waals surface area contributed by atoms with Crippen LogP contribution in [0.3, 0.4) is 0 Å². The van der Waals surface area contributed by atoms with Crippen LogP contribution in [0.15, 0.2) is 23.3 Å². The Labute approximate surface area is 108 Å². The van der Waals surface area contributed by atoms with Crippen molar-refractivity contribution in [3.8, 4) is 0 Å². The van der Waals surface area contributed by atoms with Gasteiger partial charge in [0.15, 0.2) is 5.69 Å². The molecule has 19 heavy (non-hydrogen) atoms. The Morgan fingerprint density at radius 2 is 2.16 bits per heavy atom. The Hall–Kier alpha value is -2.51. The third-order valence-corrected chi connectivity index (χ3v) is 2.51. The molecule has 0 saturated carbocycles. The molecule has 2 rings (SSSR count). The van der Waals surface area contributed by atoms with Crippen molar-refractivity contribution in [1.29, 1.82) is 0 Å². The molecule has 0 fully saturated rings. The van der Waals surface area contributed by atoms with E-state index in [1.165, 1.54) is 18.5 Å². The maximum Gasteiger partial charge on any atom is 0.356 e. The zero-order chi connectivity index (χ0) is 14.0. The van der Waals surface area contributed by atoms with Gasteiger partial charge in [0.1, 0.15) is 18.7 Å². The van der Waals surface area contributed by atoms with Gasteiger partial charge in [0.05, 0.1) is 0 Å². The molecular formula is C11H13N5O3. The van der Waals surface area contributed by atoms with Crippen LogP contribution in [0.2, 0.25) is 0 Å². The summed E-state index contributed by atoms with van der Waals surface area (Å²) in [5.74, 6) is -0.633. The van der Waals surface area contributed by atoms with Crippen molar-refractivity contribution < 1.29 is 9.90 Å². The average Bonchev–Trinajstić information content (AvgIpc) is 2.80. The minimum atomic E-state index is -1.18. The molecule has 0 aliphatic rings. The molecule has 0 atom stereocenters. The van der Waals surface area contributed by atoms with Crippen molar-refractivity contribution in [3.05, 3.63) is 40.3 Å². The van der Waals surface area contributed by atoms with Crippen LogP contribution in [0.25, 0.3) is 0 Å². The topological polar surface area (TPSA) is 103 Å². The maximum atomic E-state index is 11.7. The lowest BCUT2D eigenvalue weighted by molar-refractivity contribution is 0.0687. The predicted octanol–water partition coefficient (Wildman–Crippen LogP) is 0.162. The molecule has 0 bridgehead atoms. The summed E-state index contributed by atoms with van der Waals surface area (Å²) >= 11 is 0. The van der Waals surface area contributed by atoms with Gasteiger partial charge in [0, 0.05) is 12.1 Å². The first-order valence-electron chi connectivity index (χ1n) is 5.69. The van der Waals surface area contributed by atoms with Gasteiger partial charge in [-0.05, 0) is 19.9 Å². The number of carboxylic acids is 1. The van der Waals surface area contributed by atoms with E-state index < -0.39 is 5.97 Å². The summed E-state index contributed by atoms with van der Waals surface area (Å²) < 4.78 is 2.72. The third kappa shape index (κ3) is 2.67. The Kier molecular flexibility index (Phi) is 3.41. The average molecular weight is 263 g/mol. The molecule has 8 nitrogen and oxygen atoms in total. The fourth-order valence-electron chi connectivity index (χ4n) is 1.63. The largest absolute Gasteiger partial charge is 0.476 e. The molecule has 0 radical (unpaired) electrons. The lowest BCUT2D eigenvalue weighted by atomic mass is 10.4. The Bertz CT molecular complexity index is 658. The number of aromatic carboxylic acids is 1. The van der Waals surface area contributed by atoms with E-state index in [1.54, 1.807) is 4.68 Å². The van der Waals surface area contributed by atoms with Gasteiger partial charge in [-0.15, -0.1) is 0 Å². The maximum absolute atomic E-state index is 11.7. The quantitative estimate of drug-likeness (QED) is 0.843. The van der Waals surface area contributed by atoms with E-state index >= 15 is 0 Å². The second kappa shape index (κ2) is 5.01. The fourth-order valence-corrected chi connectivity index (χ4v) is 1.63. The van der Waals surface area contributed by atoms with Crippen LogP contribution >= 0.6 is 0 Å². The normalized spacial score (nSPS) is 10.9. The summed E-state index contributed by atoms with van der Waals surface area (Å²) in [4.78, 5) is 26.5. The van der Waals surface area contributed by atoms with Gasteiger partial charge >= 0.3 is 5.97 Å². The zero-order valence-electron chi connectivity index (χ0n) is 10.5. The van der Waals surface area contributed by atoms with Gasteiger partial charge in [-0.1, -0.05) is 0 Å². The second-order valence-corrected chi connectivity index (χ2v) is 4.23. The minimum Gasteiger partial charge on any atom is -0.476 e. The van der Waals surface area contributed by atoms with Gasteiger partial charge in [-0.25, -0.2) is 19.1 Å². The van der Waals surface area contributed by atoms with Crippen LogP contribution in [-0.2, 0) is 6.54 Å². The molecule has 0 spiro atoms. The van der Waals surface area contributed by atoms with Crippen molar-refractivity contribution in [2.45, 2.75) is 26.4 Å². The smallest absolute Gasteiger partial charge is 0.356 e. The summed E-state index contributed by atoms with van der Waals surface area (Å²) in [6, 6.07) is 2.44. The molecule has 0 aromatic carbocycles. The number of rotatable bonds is 4. The predicted molar refractivity (Wildman–Crippen MR) is 65.0 cm³/mol. The molecular weight excluding hydrogens is 250 g/mol. The molecule has 0 saturated heterocycles. The molecule has 8 heteroatoms. The monoisotopic (exact) mass is 263 g/mol. The van der Waals surface area contributed by atoms with E-state index in [9.17, 15) is 9.59 Å². The van der Waals surface area contributed by atoms with Crippen LogP contribution < -0.4 is 5.56 Å². The lowest BCUT2D eigenvalue weighted by Crippen LogP contribution is -2.26. The van der Waals surface area contributed by atoms with Gasteiger partial charge in [-0.2, -0.15) is 10.2 Å². The highest BCUT2D eigenvalue weighted by Crippen LogP contribution is 2.05. The highest BCUT2D eigenvalue weighted by Gasteiger charge is 2.12. The van der Waals surface area contributed by atoms with E-state index in [2.05, 4.69) is 15.2 Å². The number of carbonyl (C=O) groups is 1. The summed E-state index contributed by atoms with van der Waals surface area (Å²) in [6.45, 7) is 3.95. The van der Waals surface area contributed by atoms with Crippen molar-refractivity contribution in [2.75, 3.05) is 0 Å². The Morgan fingerprint density at radius 3 is 2.79 bits per heavy atom. The number of aromatic nitrogens is 5. The molecule has 2 heterocycles. The molecule has 0 amide bonds. The molecule has 0 aliphatic heterocycles. The van der Waals surface area contributed by atoms with E-state index in [0.717, 1.165) is 4.68 Å². The summed E-state index contributed by atoms with van der Waals surface area (Å²) in [5, 5.41) is 16.7. The van der Waals surface area contributed by atoms with Crippen LogP contribution in [0.1, 0.15) is 36.2 Å². The lowest BCUT2D eigenvalue weighted by Gasteiger charge is -2.10. The SMILES string of the molecule is CC(C)n1ncnc1Cn1nc(C(=O)O)ccc1=O. The van der Waals surface area contributed by atoms with Gasteiger partial charge in [-0.3, -0.25) is 4.79 Å². The van der Waals surface area contributed by atoms with Crippen LogP contribution in [0.4, 0.5) is 0 Å². The zero-order valence-corrected chi connectivity index (χ0v) is 10.5. The van der Waals surface area contributed by atoms with Crippen molar-refractivity contribution in [3.63, 3.8) is 0 Å².